The van der Waals surface area contributed by atoms with Crippen molar-refractivity contribution >= 4 is 16.1 Å². The van der Waals surface area contributed by atoms with Gasteiger partial charge >= 0.3 is 6.03 Å². The summed E-state index contributed by atoms with van der Waals surface area (Å²) in [5.41, 5.74) is 0.749. The summed E-state index contributed by atoms with van der Waals surface area (Å²) in [7, 11) is 1.46. The topological polar surface area (TPSA) is 106 Å². The number of hydrogen-bond acceptors (Lipinski definition) is 6. The van der Waals surface area contributed by atoms with E-state index in [-0.39, 0.29) is 24.4 Å². The molecule has 1 fully saturated rings. The number of carbonyl (C=O) groups is 1. The number of nitrogens with zero attached hydrogens (tertiary/aromatic N) is 1. The van der Waals surface area contributed by atoms with E-state index >= 15 is 0 Å². The number of benzene rings is 1. The highest BCUT2D eigenvalue weighted by Gasteiger charge is 2.27. The van der Waals surface area contributed by atoms with Crippen molar-refractivity contribution in [3.63, 3.8) is 0 Å². The molecule has 1 aliphatic rings. The van der Waals surface area contributed by atoms with Gasteiger partial charge in [0.25, 0.3) is 0 Å². The fraction of sp³-hybridized carbons (Fsp3) is 0.611. The Bertz CT molecular complexity index is 776. The summed E-state index contributed by atoms with van der Waals surface area (Å²) in [5.74, 6) is 1.76. The minimum Gasteiger partial charge on any atom is -0.496 e. The second-order valence-electron chi connectivity index (χ2n) is 6.42. The summed E-state index contributed by atoms with van der Waals surface area (Å²) in [6.07, 6.45) is 1.18. The van der Waals surface area contributed by atoms with Crippen LogP contribution in [0.25, 0.3) is 0 Å². The fourth-order valence-electron chi connectivity index (χ4n) is 3.10. The van der Waals surface area contributed by atoms with Crippen molar-refractivity contribution < 1.29 is 27.4 Å². The molecule has 158 valence electrons. The molecule has 9 nitrogen and oxygen atoms in total. The predicted molar refractivity (Wildman–Crippen MR) is 106 cm³/mol. The van der Waals surface area contributed by atoms with Crippen molar-refractivity contribution in [1.29, 1.82) is 0 Å². The zero-order chi connectivity index (χ0) is 20.7. The Kier molecular flexibility index (Phi) is 7.76. The van der Waals surface area contributed by atoms with Crippen molar-refractivity contribution in [2.75, 3.05) is 40.2 Å². The van der Waals surface area contributed by atoms with Gasteiger partial charge in [-0.2, -0.15) is 0 Å². The maximum Gasteiger partial charge on any atom is 0.315 e. The van der Waals surface area contributed by atoms with Gasteiger partial charge in [0.1, 0.15) is 5.75 Å². The summed E-state index contributed by atoms with van der Waals surface area (Å²) < 4.78 is 41.2. The number of rotatable bonds is 8. The van der Waals surface area contributed by atoms with Gasteiger partial charge in [-0.25, -0.2) is 17.5 Å². The van der Waals surface area contributed by atoms with E-state index in [0.29, 0.717) is 43.2 Å². The Morgan fingerprint density at radius 2 is 1.64 bits per heavy atom. The van der Waals surface area contributed by atoms with Crippen molar-refractivity contribution in [3.8, 4) is 17.2 Å². The van der Waals surface area contributed by atoms with E-state index in [0.717, 1.165) is 5.56 Å². The third kappa shape index (κ3) is 5.41. The third-order valence-electron chi connectivity index (χ3n) is 4.77. The van der Waals surface area contributed by atoms with Gasteiger partial charge < -0.3 is 24.8 Å². The minimum atomic E-state index is -3.17. The number of piperidine rings is 1. The molecule has 0 unspecified atom stereocenters. The Balaban J connectivity index is 1.90. The van der Waals surface area contributed by atoms with Crippen LogP contribution in [0.1, 0.15) is 25.3 Å². The molecule has 1 heterocycles. The quantitative estimate of drug-likeness (QED) is 0.663. The molecule has 1 aromatic carbocycles. The second-order valence-corrected chi connectivity index (χ2v) is 8.68. The highest BCUT2D eigenvalue weighted by atomic mass is 32.2. The van der Waals surface area contributed by atoms with Crippen LogP contribution in [0.5, 0.6) is 17.2 Å². The number of methoxy groups -OCH3 is 3. The lowest BCUT2D eigenvalue weighted by atomic mass is 10.1. The van der Waals surface area contributed by atoms with Gasteiger partial charge in [0.05, 0.1) is 27.1 Å². The summed E-state index contributed by atoms with van der Waals surface area (Å²) in [6.45, 7) is 2.73. The molecule has 0 radical (unpaired) electrons. The molecule has 0 atom stereocenters. The van der Waals surface area contributed by atoms with Crippen molar-refractivity contribution in [2.45, 2.75) is 32.4 Å². The lowest BCUT2D eigenvalue weighted by Crippen LogP contribution is -2.49. The summed E-state index contributed by atoms with van der Waals surface area (Å²) >= 11 is 0. The first kappa shape index (κ1) is 22.1. The molecule has 10 heteroatoms. The average Bonchev–Trinajstić information content (AvgIpc) is 2.71. The van der Waals surface area contributed by atoms with Crippen LogP contribution in [-0.2, 0) is 16.6 Å². The van der Waals surface area contributed by atoms with E-state index in [1.807, 2.05) is 0 Å². The summed E-state index contributed by atoms with van der Waals surface area (Å²) in [4.78, 5) is 12.2. The summed E-state index contributed by atoms with van der Waals surface area (Å²) in [6, 6.07) is 3.09. The molecule has 1 aliphatic heterocycles. The monoisotopic (exact) mass is 415 g/mol. The zero-order valence-corrected chi connectivity index (χ0v) is 17.6. The molecule has 0 bridgehead atoms. The molecule has 0 spiro atoms. The summed E-state index contributed by atoms with van der Waals surface area (Å²) in [5, 5.41) is 5.70. The van der Waals surface area contributed by atoms with Crippen LogP contribution in [0.2, 0.25) is 0 Å². The van der Waals surface area contributed by atoms with Gasteiger partial charge in [0.15, 0.2) is 11.5 Å². The normalized spacial score (nSPS) is 15.7. The van der Waals surface area contributed by atoms with Crippen LogP contribution in [0.3, 0.4) is 0 Å². The van der Waals surface area contributed by atoms with Crippen molar-refractivity contribution in [1.82, 2.24) is 14.9 Å². The maximum absolute atomic E-state index is 12.2. The van der Waals surface area contributed by atoms with E-state index in [4.69, 9.17) is 14.2 Å². The van der Waals surface area contributed by atoms with Crippen LogP contribution in [0, 0.1) is 0 Å². The standard InChI is InChI=1S/C18H29N3O6S/c1-5-28(23,24)21-8-6-14(7-9-21)20-18(22)19-12-13-10-16(26-3)17(27-4)11-15(13)25-2/h10-11,14H,5-9,12H2,1-4H3,(H2,19,20,22). The first-order valence-corrected chi connectivity index (χ1v) is 10.8. The predicted octanol–water partition coefficient (Wildman–Crippen LogP) is 1.33. The van der Waals surface area contributed by atoms with E-state index in [9.17, 15) is 13.2 Å². The molecular formula is C18H29N3O6S. The molecule has 0 aromatic heterocycles. The smallest absolute Gasteiger partial charge is 0.315 e. The average molecular weight is 416 g/mol. The van der Waals surface area contributed by atoms with E-state index in [2.05, 4.69) is 10.6 Å². The van der Waals surface area contributed by atoms with Crippen LogP contribution < -0.4 is 24.8 Å². The van der Waals surface area contributed by atoms with Crippen LogP contribution in [0.15, 0.2) is 12.1 Å². The van der Waals surface area contributed by atoms with E-state index in [1.165, 1.54) is 4.31 Å². The first-order chi connectivity index (χ1) is 13.3. The molecular weight excluding hydrogens is 386 g/mol. The third-order valence-corrected chi connectivity index (χ3v) is 6.65. The lowest BCUT2D eigenvalue weighted by molar-refractivity contribution is 0.227. The Morgan fingerprint density at radius 3 is 2.18 bits per heavy atom. The van der Waals surface area contributed by atoms with Gasteiger partial charge in [-0.1, -0.05) is 0 Å². The molecule has 1 saturated heterocycles. The second kappa shape index (κ2) is 9.83. The fourth-order valence-corrected chi connectivity index (χ4v) is 4.24. The maximum atomic E-state index is 12.2. The molecule has 0 aliphatic carbocycles. The zero-order valence-electron chi connectivity index (χ0n) is 16.8. The molecule has 2 rings (SSSR count). The van der Waals surface area contributed by atoms with Crippen LogP contribution in [-0.4, -0.2) is 65.0 Å². The molecule has 1 aromatic rings. The van der Waals surface area contributed by atoms with Gasteiger partial charge in [-0.3, -0.25) is 0 Å². The largest absolute Gasteiger partial charge is 0.496 e. The number of sulfonamides is 1. The van der Waals surface area contributed by atoms with Crippen LogP contribution in [0.4, 0.5) is 4.79 Å². The number of nitrogens with one attached hydrogen (secondary N) is 2. The van der Waals surface area contributed by atoms with Gasteiger partial charge in [-0.15, -0.1) is 0 Å². The molecule has 2 amide bonds. The van der Waals surface area contributed by atoms with Crippen molar-refractivity contribution in [2.24, 2.45) is 0 Å². The number of ether oxygens (including phenoxy) is 3. The van der Waals surface area contributed by atoms with E-state index in [1.54, 1.807) is 40.4 Å². The minimum absolute atomic E-state index is 0.0596. The van der Waals surface area contributed by atoms with E-state index < -0.39 is 10.0 Å². The Morgan fingerprint density at radius 1 is 1.07 bits per heavy atom. The van der Waals surface area contributed by atoms with Crippen molar-refractivity contribution in [3.05, 3.63) is 17.7 Å². The van der Waals surface area contributed by atoms with Crippen LogP contribution >= 0.6 is 0 Å². The SMILES string of the molecule is CCS(=O)(=O)N1CCC(NC(=O)NCc2cc(OC)c(OC)cc2OC)CC1. The Hall–Kier alpha value is -2.20. The number of urea groups is 1. The highest BCUT2D eigenvalue weighted by Crippen LogP contribution is 2.34. The first-order valence-electron chi connectivity index (χ1n) is 9.15. The molecule has 0 saturated carbocycles. The van der Waals surface area contributed by atoms with Gasteiger partial charge in [0.2, 0.25) is 10.0 Å². The number of amides is 2. The lowest BCUT2D eigenvalue weighted by Gasteiger charge is -2.31. The van der Waals surface area contributed by atoms with Gasteiger partial charge in [-0.05, 0) is 25.8 Å². The highest BCUT2D eigenvalue weighted by molar-refractivity contribution is 7.89. The number of hydrogen-bond donors (Lipinski definition) is 2. The molecule has 2 N–H and O–H groups in total. The molecule has 28 heavy (non-hydrogen) atoms. The number of carbonyl (C=O) groups excluding carboxylic acids is 1. The van der Waals surface area contributed by atoms with Gasteiger partial charge in [0, 0.05) is 37.3 Å². The Labute approximate surface area is 166 Å².